The van der Waals surface area contributed by atoms with Crippen molar-refractivity contribution in [2.24, 2.45) is 0 Å². The molecule has 1 aliphatic heterocycles. The molecule has 102 valence electrons. The van der Waals surface area contributed by atoms with E-state index < -0.39 is 0 Å². The van der Waals surface area contributed by atoms with Crippen LogP contribution >= 0.6 is 35.0 Å². The zero-order chi connectivity index (χ0) is 14.1. The minimum absolute atomic E-state index is 0.0854. The Labute approximate surface area is 131 Å². The van der Waals surface area contributed by atoms with E-state index in [9.17, 15) is 4.79 Å². The quantitative estimate of drug-likeness (QED) is 0.793. The normalized spacial score (nSPS) is 18.6. The van der Waals surface area contributed by atoms with Gasteiger partial charge in [0.15, 0.2) is 0 Å². The molecule has 3 rings (SSSR count). The Morgan fingerprint density at radius 2 is 1.80 bits per heavy atom. The summed E-state index contributed by atoms with van der Waals surface area (Å²) in [6, 6.07) is 15.1. The number of hydrogen-bond acceptors (Lipinski definition) is 2. The second-order valence-corrected chi connectivity index (χ2v) is 6.26. The lowest BCUT2D eigenvalue weighted by Crippen LogP contribution is -2.27. The highest BCUT2D eigenvalue weighted by Gasteiger charge is 2.35. The summed E-state index contributed by atoms with van der Waals surface area (Å²) in [6.07, 6.45) is 0. The first-order valence-corrected chi connectivity index (χ1v) is 7.91. The van der Waals surface area contributed by atoms with Gasteiger partial charge in [0.25, 0.3) is 0 Å². The van der Waals surface area contributed by atoms with Crippen molar-refractivity contribution in [3.05, 3.63) is 64.1 Å². The zero-order valence-corrected chi connectivity index (χ0v) is 12.8. The second kappa shape index (κ2) is 5.68. The van der Waals surface area contributed by atoms with E-state index in [1.165, 1.54) is 0 Å². The highest BCUT2D eigenvalue weighted by atomic mass is 35.5. The fraction of sp³-hybridized carbons (Fsp3) is 0.133. The van der Waals surface area contributed by atoms with E-state index in [-0.39, 0.29) is 11.3 Å². The number of amides is 1. The average molecular weight is 324 g/mol. The molecule has 2 aromatic carbocycles. The van der Waals surface area contributed by atoms with E-state index >= 15 is 0 Å². The predicted molar refractivity (Wildman–Crippen MR) is 85.6 cm³/mol. The van der Waals surface area contributed by atoms with Crippen LogP contribution in [0.2, 0.25) is 10.0 Å². The summed E-state index contributed by atoms with van der Waals surface area (Å²) in [7, 11) is 0. The molecule has 1 saturated heterocycles. The maximum Gasteiger partial charge on any atom is 0.238 e. The summed E-state index contributed by atoms with van der Waals surface area (Å²) >= 11 is 13.9. The van der Waals surface area contributed by atoms with Gasteiger partial charge in [0, 0.05) is 11.3 Å². The van der Waals surface area contributed by atoms with Crippen molar-refractivity contribution in [1.82, 2.24) is 0 Å². The highest BCUT2D eigenvalue weighted by molar-refractivity contribution is 8.00. The number of para-hydroxylation sites is 1. The van der Waals surface area contributed by atoms with Crippen LogP contribution in [0.15, 0.2) is 48.5 Å². The van der Waals surface area contributed by atoms with Gasteiger partial charge in [0.2, 0.25) is 5.91 Å². The molecule has 20 heavy (non-hydrogen) atoms. The molecule has 1 amide bonds. The summed E-state index contributed by atoms with van der Waals surface area (Å²) in [5.74, 6) is 0.532. The van der Waals surface area contributed by atoms with Crippen LogP contribution in [0, 0.1) is 0 Å². The Kier molecular flexibility index (Phi) is 3.92. The minimum Gasteiger partial charge on any atom is -0.295 e. The molecule has 0 aromatic heterocycles. The van der Waals surface area contributed by atoms with Gasteiger partial charge in [0.1, 0.15) is 5.37 Å². The topological polar surface area (TPSA) is 20.3 Å². The number of carbonyl (C=O) groups is 1. The van der Waals surface area contributed by atoms with Gasteiger partial charge in [-0.3, -0.25) is 9.69 Å². The third kappa shape index (κ3) is 2.41. The molecule has 1 fully saturated rings. The summed E-state index contributed by atoms with van der Waals surface area (Å²) in [5.41, 5.74) is 1.75. The van der Waals surface area contributed by atoms with Gasteiger partial charge in [-0.2, -0.15) is 0 Å². The number of rotatable bonds is 2. The molecule has 5 heteroatoms. The Morgan fingerprint density at radius 3 is 2.55 bits per heavy atom. The monoisotopic (exact) mass is 323 g/mol. The van der Waals surface area contributed by atoms with E-state index in [0.717, 1.165) is 11.3 Å². The fourth-order valence-corrected chi connectivity index (χ4v) is 3.91. The first kappa shape index (κ1) is 13.8. The van der Waals surface area contributed by atoms with E-state index in [0.29, 0.717) is 15.8 Å². The molecule has 0 unspecified atom stereocenters. The molecule has 2 nitrogen and oxygen atoms in total. The smallest absolute Gasteiger partial charge is 0.238 e. The van der Waals surface area contributed by atoms with E-state index in [1.54, 1.807) is 22.7 Å². The Hall–Kier alpha value is -1.16. The highest BCUT2D eigenvalue weighted by Crippen LogP contribution is 2.45. The number of anilines is 1. The number of thioether (sulfide) groups is 1. The Bertz CT molecular complexity index is 648. The van der Waals surface area contributed by atoms with Gasteiger partial charge in [-0.05, 0) is 18.2 Å². The Morgan fingerprint density at radius 1 is 1.05 bits per heavy atom. The maximum absolute atomic E-state index is 12.2. The number of hydrogen-bond donors (Lipinski definition) is 0. The SMILES string of the molecule is O=C1CS[C@@H](c2cccc(Cl)c2Cl)N1c1ccccc1. The number of carbonyl (C=O) groups excluding carboxylic acids is 1. The van der Waals surface area contributed by atoms with Crippen LogP contribution in [-0.2, 0) is 4.79 Å². The lowest BCUT2D eigenvalue weighted by molar-refractivity contribution is -0.115. The fourth-order valence-electron chi connectivity index (χ4n) is 2.23. The molecular weight excluding hydrogens is 313 g/mol. The van der Waals surface area contributed by atoms with Gasteiger partial charge in [0.05, 0.1) is 15.8 Å². The van der Waals surface area contributed by atoms with Crippen molar-refractivity contribution in [2.45, 2.75) is 5.37 Å². The molecule has 1 atom stereocenters. The van der Waals surface area contributed by atoms with Crippen LogP contribution in [0.5, 0.6) is 0 Å². The summed E-state index contributed by atoms with van der Waals surface area (Å²) in [5, 5.41) is 0.899. The van der Waals surface area contributed by atoms with E-state index in [2.05, 4.69) is 0 Å². The molecule has 1 aliphatic rings. The van der Waals surface area contributed by atoms with Crippen molar-refractivity contribution in [2.75, 3.05) is 10.7 Å². The standard InChI is InChI=1S/C15H11Cl2NOS/c16-12-8-4-7-11(14(12)17)15-18(13(19)9-20-15)10-5-2-1-3-6-10/h1-8,15H,9H2/t15-/m0/s1. The van der Waals surface area contributed by atoms with Gasteiger partial charge in [-0.15, -0.1) is 11.8 Å². The molecule has 0 N–H and O–H groups in total. The molecule has 0 bridgehead atoms. The van der Waals surface area contributed by atoms with Gasteiger partial charge in [-0.1, -0.05) is 53.5 Å². The van der Waals surface area contributed by atoms with Crippen LogP contribution in [0.25, 0.3) is 0 Å². The first-order chi connectivity index (χ1) is 9.68. The second-order valence-electron chi connectivity index (χ2n) is 4.41. The molecule has 0 aliphatic carbocycles. The van der Waals surface area contributed by atoms with Crippen molar-refractivity contribution in [3.63, 3.8) is 0 Å². The minimum atomic E-state index is -0.129. The number of nitrogens with zero attached hydrogens (tertiary/aromatic N) is 1. The predicted octanol–water partition coefficient (Wildman–Crippen LogP) is 4.77. The lowest BCUT2D eigenvalue weighted by atomic mass is 10.2. The largest absolute Gasteiger partial charge is 0.295 e. The summed E-state index contributed by atoms with van der Waals surface area (Å²) in [6.45, 7) is 0. The molecule has 1 heterocycles. The van der Waals surface area contributed by atoms with Crippen molar-refractivity contribution in [3.8, 4) is 0 Å². The van der Waals surface area contributed by atoms with Crippen molar-refractivity contribution >= 4 is 46.6 Å². The van der Waals surface area contributed by atoms with Crippen LogP contribution in [0.1, 0.15) is 10.9 Å². The molecule has 0 saturated carbocycles. The third-order valence-corrected chi connectivity index (χ3v) is 5.18. The molecule has 2 aromatic rings. The number of halogens is 2. The van der Waals surface area contributed by atoms with Crippen molar-refractivity contribution in [1.29, 1.82) is 0 Å². The Balaban J connectivity index is 2.04. The first-order valence-electron chi connectivity index (χ1n) is 6.11. The third-order valence-electron chi connectivity index (χ3n) is 3.15. The molecule has 0 spiro atoms. The maximum atomic E-state index is 12.2. The molecule has 0 radical (unpaired) electrons. The van der Waals surface area contributed by atoms with Gasteiger partial charge >= 0.3 is 0 Å². The lowest BCUT2D eigenvalue weighted by Gasteiger charge is -2.25. The average Bonchev–Trinajstić information content (AvgIpc) is 2.84. The van der Waals surface area contributed by atoms with Gasteiger partial charge in [-0.25, -0.2) is 0 Å². The summed E-state index contributed by atoms with van der Waals surface area (Å²) in [4.78, 5) is 14.0. The zero-order valence-electron chi connectivity index (χ0n) is 10.4. The van der Waals surface area contributed by atoms with Gasteiger partial charge < -0.3 is 0 Å². The summed E-state index contributed by atoms with van der Waals surface area (Å²) < 4.78 is 0. The van der Waals surface area contributed by atoms with Crippen LogP contribution in [-0.4, -0.2) is 11.7 Å². The number of benzene rings is 2. The van der Waals surface area contributed by atoms with Crippen LogP contribution in [0.3, 0.4) is 0 Å². The van der Waals surface area contributed by atoms with E-state index in [4.69, 9.17) is 23.2 Å². The van der Waals surface area contributed by atoms with Crippen molar-refractivity contribution < 1.29 is 4.79 Å². The molecular formula is C15H11Cl2NOS. The van der Waals surface area contributed by atoms with Crippen LogP contribution in [0.4, 0.5) is 5.69 Å². The van der Waals surface area contributed by atoms with E-state index in [1.807, 2.05) is 42.5 Å². The van der Waals surface area contributed by atoms with Crippen LogP contribution < -0.4 is 4.90 Å².